The normalized spacial score (nSPS) is 16.2. The van der Waals surface area contributed by atoms with Crippen molar-refractivity contribution in [2.24, 2.45) is 5.16 Å². The van der Waals surface area contributed by atoms with Gasteiger partial charge in [0.1, 0.15) is 30.9 Å². The van der Waals surface area contributed by atoms with Crippen LogP contribution < -0.4 is 34.3 Å². The molecule has 2 aliphatic heterocycles. The number of fused-ring (bicyclic) bond motifs is 1. The van der Waals surface area contributed by atoms with E-state index in [4.69, 9.17) is 28.5 Å². The molecule has 0 aliphatic carbocycles. The minimum absolute atomic E-state index is 0.122. The van der Waals surface area contributed by atoms with Gasteiger partial charge >= 0.3 is 0 Å². The molecule has 14 heteroatoms. The summed E-state index contributed by atoms with van der Waals surface area (Å²) in [6.45, 7) is -0.919. The molecular formula is C38H41N3O11. The number of carbonyl (C=O) groups excluding carboxylic acids is 1. The van der Waals surface area contributed by atoms with Gasteiger partial charge < -0.3 is 59.6 Å². The number of carbonyl (C=O) groups is 1. The van der Waals surface area contributed by atoms with Gasteiger partial charge in [0.05, 0.1) is 59.0 Å². The Kier molecular flexibility index (Phi) is 11.3. The van der Waals surface area contributed by atoms with Crippen molar-refractivity contribution in [1.82, 2.24) is 5.32 Å². The molecule has 0 fully saturated rings. The van der Waals surface area contributed by atoms with Crippen molar-refractivity contribution >= 4 is 17.3 Å². The van der Waals surface area contributed by atoms with Gasteiger partial charge in [-0.25, -0.2) is 0 Å². The summed E-state index contributed by atoms with van der Waals surface area (Å²) in [4.78, 5) is 18.6. The lowest BCUT2D eigenvalue weighted by atomic mass is 9.93. The number of rotatable bonds is 15. The molecule has 4 aromatic carbocycles. The van der Waals surface area contributed by atoms with Gasteiger partial charge in [-0.3, -0.25) is 4.79 Å². The highest BCUT2D eigenvalue weighted by molar-refractivity contribution is 6.02. The molecular weight excluding hydrogens is 674 g/mol. The fourth-order valence-electron chi connectivity index (χ4n) is 6.27. The van der Waals surface area contributed by atoms with Crippen LogP contribution in [0.15, 0.2) is 65.8 Å². The number of methoxy groups -OCH3 is 3. The standard InChI is InChI=1S/C38H41N3O11/c1-47-27-5-6-30-28(15-27)38(46)40-37(39-30)21-4-7-32(26(10-21)19-44)50-8-9-51-36-34(48-2)13-23(14-35(36)49-3)33-16-31(41-52-33)22-11-24(17-42)29(20-45)25(12-22)18-43/h4-7,10-15,33,37,39,42-45H,8-9,16-20H2,1-3H3,(H,40,46). The van der Waals surface area contributed by atoms with Crippen LogP contribution in [-0.2, 0) is 31.3 Å². The van der Waals surface area contributed by atoms with Gasteiger partial charge in [-0.15, -0.1) is 0 Å². The monoisotopic (exact) mass is 715 g/mol. The molecule has 14 nitrogen and oxygen atoms in total. The SMILES string of the molecule is COc1ccc2c(c1)C(=O)NC(c1ccc(OCCOc3c(OC)cc(C4CC(c5cc(CO)c(CO)c(CO)c5)=NO4)cc3OC)c(CO)c1)N2. The first kappa shape index (κ1) is 36.3. The van der Waals surface area contributed by atoms with Gasteiger partial charge in [0.2, 0.25) is 5.75 Å². The maximum absolute atomic E-state index is 12.8. The molecule has 0 saturated carbocycles. The summed E-state index contributed by atoms with van der Waals surface area (Å²) in [5.74, 6) is 1.99. The van der Waals surface area contributed by atoms with E-state index >= 15 is 0 Å². The number of benzene rings is 4. The Morgan fingerprint density at radius 1 is 0.731 bits per heavy atom. The highest BCUT2D eigenvalue weighted by atomic mass is 16.6. The molecule has 2 aliphatic rings. The molecule has 0 radical (unpaired) electrons. The van der Waals surface area contributed by atoms with Crippen LogP contribution in [0.25, 0.3) is 0 Å². The minimum Gasteiger partial charge on any atom is -0.497 e. The Bertz CT molecular complexity index is 1910. The van der Waals surface area contributed by atoms with Gasteiger partial charge in [0, 0.05) is 28.8 Å². The second kappa shape index (κ2) is 16.2. The van der Waals surface area contributed by atoms with E-state index in [0.717, 1.165) is 11.1 Å². The van der Waals surface area contributed by atoms with E-state index < -0.39 is 12.3 Å². The van der Waals surface area contributed by atoms with Crippen LogP contribution in [0, 0.1) is 0 Å². The van der Waals surface area contributed by atoms with Gasteiger partial charge in [-0.2, -0.15) is 0 Å². The fraction of sp³-hybridized carbons (Fsp3) is 0.316. The molecule has 6 rings (SSSR count). The lowest BCUT2D eigenvalue weighted by Crippen LogP contribution is -2.38. The molecule has 2 atom stereocenters. The Morgan fingerprint density at radius 3 is 2.06 bits per heavy atom. The molecule has 6 N–H and O–H groups in total. The lowest BCUT2D eigenvalue weighted by Gasteiger charge is -2.29. The molecule has 52 heavy (non-hydrogen) atoms. The van der Waals surface area contributed by atoms with Crippen molar-refractivity contribution in [2.45, 2.75) is 45.1 Å². The zero-order valence-corrected chi connectivity index (χ0v) is 29.0. The first-order valence-corrected chi connectivity index (χ1v) is 16.5. The van der Waals surface area contributed by atoms with Crippen molar-refractivity contribution in [1.29, 1.82) is 0 Å². The molecule has 0 bridgehead atoms. The largest absolute Gasteiger partial charge is 0.497 e. The number of oxime groups is 1. The number of amides is 1. The quantitative estimate of drug-likeness (QED) is 0.0977. The van der Waals surface area contributed by atoms with Gasteiger partial charge in [0.25, 0.3) is 5.91 Å². The zero-order valence-electron chi connectivity index (χ0n) is 29.0. The number of nitrogens with one attached hydrogen (secondary N) is 2. The van der Waals surface area contributed by atoms with E-state index in [-0.39, 0.29) is 45.5 Å². The first-order chi connectivity index (χ1) is 25.3. The van der Waals surface area contributed by atoms with Crippen LogP contribution in [-0.4, -0.2) is 66.6 Å². The summed E-state index contributed by atoms with van der Waals surface area (Å²) >= 11 is 0. The van der Waals surface area contributed by atoms with E-state index in [0.29, 0.717) is 79.9 Å². The summed E-state index contributed by atoms with van der Waals surface area (Å²) in [7, 11) is 4.58. The fourth-order valence-corrected chi connectivity index (χ4v) is 6.27. The van der Waals surface area contributed by atoms with E-state index in [1.54, 1.807) is 61.7 Å². The number of ether oxygens (including phenoxy) is 5. The Morgan fingerprint density at radius 2 is 1.42 bits per heavy atom. The topological polar surface area (TPSA) is 190 Å². The zero-order chi connectivity index (χ0) is 36.8. The van der Waals surface area contributed by atoms with Crippen LogP contribution in [0.1, 0.15) is 68.0 Å². The van der Waals surface area contributed by atoms with Gasteiger partial charge in [0.15, 0.2) is 17.6 Å². The van der Waals surface area contributed by atoms with Crippen LogP contribution in [0.4, 0.5) is 5.69 Å². The molecule has 1 amide bonds. The number of aliphatic hydroxyl groups excluding tert-OH is 4. The van der Waals surface area contributed by atoms with Crippen molar-refractivity contribution in [3.05, 3.63) is 105 Å². The molecule has 2 unspecified atom stereocenters. The number of anilines is 1. The highest BCUT2D eigenvalue weighted by Gasteiger charge is 2.29. The van der Waals surface area contributed by atoms with E-state index in [9.17, 15) is 25.2 Å². The summed E-state index contributed by atoms with van der Waals surface area (Å²) in [6, 6.07) is 17.6. The first-order valence-electron chi connectivity index (χ1n) is 16.5. The number of nitrogens with zero attached hydrogens (tertiary/aromatic N) is 1. The molecule has 0 saturated heterocycles. The van der Waals surface area contributed by atoms with Crippen LogP contribution in [0.2, 0.25) is 0 Å². The lowest BCUT2D eigenvalue weighted by molar-refractivity contribution is 0.0852. The second-order valence-corrected chi connectivity index (χ2v) is 12.0. The predicted octanol–water partition coefficient (Wildman–Crippen LogP) is 3.86. The van der Waals surface area contributed by atoms with E-state index in [1.165, 1.54) is 14.2 Å². The average molecular weight is 716 g/mol. The number of hydrogen-bond acceptors (Lipinski definition) is 13. The Hall–Kier alpha value is -5.54. The molecule has 2 heterocycles. The minimum atomic E-state index is -0.511. The van der Waals surface area contributed by atoms with Crippen molar-refractivity contribution in [3.63, 3.8) is 0 Å². The third-order valence-electron chi connectivity index (χ3n) is 9.01. The van der Waals surface area contributed by atoms with E-state index in [1.807, 2.05) is 6.07 Å². The number of hydrogen-bond donors (Lipinski definition) is 6. The Labute approximate surface area is 300 Å². The summed E-state index contributed by atoms with van der Waals surface area (Å²) < 4.78 is 28.6. The molecule has 0 spiro atoms. The molecule has 4 aromatic rings. The third-order valence-corrected chi connectivity index (χ3v) is 9.01. The molecule has 0 aromatic heterocycles. The summed E-state index contributed by atoms with van der Waals surface area (Å²) in [6.07, 6.45) is -0.590. The Balaban J connectivity index is 1.09. The van der Waals surface area contributed by atoms with Crippen LogP contribution >= 0.6 is 0 Å². The third kappa shape index (κ3) is 7.41. The smallest absolute Gasteiger partial charge is 0.255 e. The van der Waals surface area contributed by atoms with Crippen LogP contribution in [0.3, 0.4) is 0 Å². The average Bonchev–Trinajstić information content (AvgIpc) is 3.69. The van der Waals surface area contributed by atoms with Gasteiger partial charge in [-0.1, -0.05) is 11.2 Å². The van der Waals surface area contributed by atoms with Crippen LogP contribution in [0.5, 0.6) is 28.7 Å². The van der Waals surface area contributed by atoms with E-state index in [2.05, 4.69) is 15.8 Å². The predicted molar refractivity (Wildman–Crippen MR) is 189 cm³/mol. The second-order valence-electron chi connectivity index (χ2n) is 12.0. The maximum Gasteiger partial charge on any atom is 0.255 e. The van der Waals surface area contributed by atoms with Crippen molar-refractivity contribution in [2.75, 3.05) is 39.9 Å². The molecule has 274 valence electrons. The summed E-state index contributed by atoms with van der Waals surface area (Å²) in [5, 5.41) is 50.0. The number of aliphatic hydroxyl groups is 4. The van der Waals surface area contributed by atoms with Crippen molar-refractivity contribution in [3.8, 4) is 28.7 Å². The van der Waals surface area contributed by atoms with Gasteiger partial charge in [-0.05, 0) is 76.9 Å². The maximum atomic E-state index is 12.8. The summed E-state index contributed by atoms with van der Waals surface area (Å²) in [5.41, 5.74) is 5.96. The highest BCUT2D eigenvalue weighted by Crippen LogP contribution is 2.43. The van der Waals surface area contributed by atoms with Crippen molar-refractivity contribution < 1.29 is 53.7 Å².